The summed E-state index contributed by atoms with van der Waals surface area (Å²) in [7, 11) is -4.17. The number of sulfonamides is 1. The molecule has 110 valence electrons. The first-order valence-electron chi connectivity index (χ1n) is 5.48. The summed E-state index contributed by atoms with van der Waals surface area (Å²) in [6.45, 7) is 0. The Morgan fingerprint density at radius 3 is 2.67 bits per heavy atom. The Hall–Kier alpha value is -2.20. The van der Waals surface area contributed by atoms with Crippen molar-refractivity contribution in [3.63, 3.8) is 0 Å². The highest BCUT2D eigenvalue weighted by Crippen LogP contribution is 2.29. The molecule has 0 radical (unpaired) electrons. The van der Waals surface area contributed by atoms with Crippen molar-refractivity contribution in [3.8, 4) is 0 Å². The number of nitro benzene ring substituents is 1. The van der Waals surface area contributed by atoms with Crippen molar-refractivity contribution in [1.29, 1.82) is 0 Å². The van der Waals surface area contributed by atoms with E-state index in [1.807, 2.05) is 0 Å². The summed E-state index contributed by atoms with van der Waals surface area (Å²) in [5.74, 6) is 0.0311. The maximum Gasteiger partial charge on any atom is 0.291 e. The molecular formula is C11H9BrN4O4S. The van der Waals surface area contributed by atoms with E-state index in [9.17, 15) is 18.5 Å². The molecule has 0 amide bonds. The molecule has 0 fully saturated rings. The van der Waals surface area contributed by atoms with E-state index < -0.39 is 25.5 Å². The summed E-state index contributed by atoms with van der Waals surface area (Å²) in [4.78, 5) is 13.5. The fourth-order valence-electron chi connectivity index (χ4n) is 1.55. The van der Waals surface area contributed by atoms with Gasteiger partial charge in [0, 0.05) is 18.0 Å². The predicted octanol–water partition coefficient (Wildman–Crippen LogP) is 2.14. The maximum atomic E-state index is 12.3. The third-order valence-corrected chi connectivity index (χ3v) is 4.48. The van der Waals surface area contributed by atoms with Crippen LogP contribution < -0.4 is 10.5 Å². The normalized spacial score (nSPS) is 11.1. The summed E-state index contributed by atoms with van der Waals surface area (Å²) in [6, 6.07) is 6.53. The van der Waals surface area contributed by atoms with Crippen LogP contribution in [0, 0.1) is 10.1 Å². The number of hydrogen-bond donors (Lipinski definition) is 2. The number of nitrogen functional groups attached to an aromatic ring is 1. The molecule has 3 N–H and O–H groups in total. The third kappa shape index (κ3) is 3.28. The molecule has 0 saturated carbocycles. The Labute approximate surface area is 128 Å². The van der Waals surface area contributed by atoms with Crippen molar-refractivity contribution in [2.24, 2.45) is 0 Å². The Bertz CT molecular complexity index is 810. The van der Waals surface area contributed by atoms with E-state index in [0.29, 0.717) is 4.47 Å². The van der Waals surface area contributed by atoms with Gasteiger partial charge in [-0.05, 0) is 40.2 Å². The number of nitro groups is 1. The number of anilines is 2. The lowest BCUT2D eigenvalue weighted by molar-refractivity contribution is -0.387. The lowest BCUT2D eigenvalue weighted by Crippen LogP contribution is -2.16. The summed E-state index contributed by atoms with van der Waals surface area (Å²) in [5, 5.41) is 11.0. The fourth-order valence-corrected chi connectivity index (χ4v) is 3.22. The summed E-state index contributed by atoms with van der Waals surface area (Å²) in [5.41, 5.74) is 4.94. The van der Waals surface area contributed by atoms with Gasteiger partial charge in [-0.2, -0.15) is 0 Å². The quantitative estimate of drug-likeness (QED) is 0.480. The number of benzene rings is 1. The number of halogens is 1. The van der Waals surface area contributed by atoms with E-state index in [1.54, 1.807) is 12.1 Å². The van der Waals surface area contributed by atoms with E-state index in [2.05, 4.69) is 25.6 Å². The Kier molecular flexibility index (Phi) is 4.09. The molecule has 10 heteroatoms. The molecule has 1 aromatic heterocycles. The largest absolute Gasteiger partial charge is 0.399 e. The van der Waals surface area contributed by atoms with Crippen molar-refractivity contribution in [2.75, 3.05) is 10.5 Å². The van der Waals surface area contributed by atoms with E-state index in [1.165, 1.54) is 12.3 Å². The molecule has 2 aromatic rings. The molecule has 1 aromatic carbocycles. The van der Waals surface area contributed by atoms with Gasteiger partial charge in [-0.1, -0.05) is 0 Å². The first-order chi connectivity index (χ1) is 9.81. The molecule has 0 atom stereocenters. The number of hydrogen-bond acceptors (Lipinski definition) is 6. The van der Waals surface area contributed by atoms with Crippen LogP contribution in [0.1, 0.15) is 0 Å². The molecule has 0 bridgehead atoms. The number of nitrogens with one attached hydrogen (secondary N) is 1. The second-order valence-electron chi connectivity index (χ2n) is 3.92. The van der Waals surface area contributed by atoms with Crippen molar-refractivity contribution in [3.05, 3.63) is 51.1 Å². The second-order valence-corrected chi connectivity index (χ2v) is 6.43. The predicted molar refractivity (Wildman–Crippen MR) is 80.3 cm³/mol. The summed E-state index contributed by atoms with van der Waals surface area (Å²) >= 11 is 3.14. The molecule has 2 rings (SSSR count). The Morgan fingerprint density at radius 1 is 1.33 bits per heavy atom. The smallest absolute Gasteiger partial charge is 0.291 e. The van der Waals surface area contributed by atoms with Crippen LogP contribution in [-0.4, -0.2) is 18.3 Å². The monoisotopic (exact) mass is 372 g/mol. The molecule has 0 aliphatic carbocycles. The molecule has 8 nitrogen and oxygen atoms in total. The van der Waals surface area contributed by atoms with Gasteiger partial charge >= 0.3 is 0 Å². The molecule has 21 heavy (non-hydrogen) atoms. The molecule has 0 saturated heterocycles. The minimum atomic E-state index is -4.17. The number of nitrogens with two attached hydrogens (primary N) is 1. The SMILES string of the molecule is Nc1ccc(S(=O)(=O)Nc2ncccc2Br)c([N+](=O)[O-])c1. The van der Waals surface area contributed by atoms with Crippen molar-refractivity contribution < 1.29 is 13.3 Å². The van der Waals surface area contributed by atoms with Crippen LogP contribution in [0.4, 0.5) is 17.2 Å². The van der Waals surface area contributed by atoms with Crippen LogP contribution in [0.15, 0.2) is 45.9 Å². The first kappa shape index (κ1) is 15.2. The molecule has 0 aliphatic heterocycles. The minimum absolute atomic E-state index is 0.0311. The highest BCUT2D eigenvalue weighted by atomic mass is 79.9. The van der Waals surface area contributed by atoms with Crippen LogP contribution in [0.5, 0.6) is 0 Å². The Morgan fingerprint density at radius 2 is 2.05 bits per heavy atom. The van der Waals surface area contributed by atoms with Gasteiger partial charge in [0.15, 0.2) is 10.7 Å². The zero-order valence-corrected chi connectivity index (χ0v) is 12.8. The van der Waals surface area contributed by atoms with Crippen LogP contribution in [0.3, 0.4) is 0 Å². The number of rotatable bonds is 4. The Balaban J connectivity index is 2.50. The molecule has 0 aliphatic rings. The van der Waals surface area contributed by atoms with Crippen molar-refractivity contribution in [2.45, 2.75) is 4.90 Å². The minimum Gasteiger partial charge on any atom is -0.399 e. The van der Waals surface area contributed by atoms with E-state index in [-0.39, 0.29) is 11.5 Å². The highest BCUT2D eigenvalue weighted by molar-refractivity contribution is 9.10. The van der Waals surface area contributed by atoms with Gasteiger partial charge in [-0.15, -0.1) is 0 Å². The van der Waals surface area contributed by atoms with Crippen LogP contribution >= 0.6 is 15.9 Å². The van der Waals surface area contributed by atoms with E-state index >= 15 is 0 Å². The van der Waals surface area contributed by atoms with Gasteiger partial charge in [-0.3, -0.25) is 14.8 Å². The van der Waals surface area contributed by atoms with Gasteiger partial charge < -0.3 is 5.73 Å². The molecular weight excluding hydrogens is 364 g/mol. The van der Waals surface area contributed by atoms with Crippen molar-refractivity contribution >= 4 is 43.1 Å². The summed E-state index contributed by atoms with van der Waals surface area (Å²) < 4.78 is 27.1. The van der Waals surface area contributed by atoms with Gasteiger partial charge in [0.05, 0.1) is 9.40 Å². The maximum absolute atomic E-state index is 12.3. The fraction of sp³-hybridized carbons (Fsp3) is 0. The lowest BCUT2D eigenvalue weighted by atomic mass is 10.3. The van der Waals surface area contributed by atoms with Gasteiger partial charge in [0.25, 0.3) is 15.7 Å². The van der Waals surface area contributed by atoms with E-state index in [0.717, 1.165) is 12.1 Å². The number of aromatic nitrogens is 1. The molecule has 1 heterocycles. The van der Waals surface area contributed by atoms with Crippen LogP contribution in [0.25, 0.3) is 0 Å². The molecule has 0 spiro atoms. The van der Waals surface area contributed by atoms with Gasteiger partial charge in [0.1, 0.15) is 0 Å². The van der Waals surface area contributed by atoms with Crippen molar-refractivity contribution in [1.82, 2.24) is 4.98 Å². The van der Waals surface area contributed by atoms with Crippen LogP contribution in [0.2, 0.25) is 0 Å². The zero-order chi connectivity index (χ0) is 15.6. The average Bonchev–Trinajstić information content (AvgIpc) is 2.40. The van der Waals surface area contributed by atoms with Crippen LogP contribution in [-0.2, 0) is 10.0 Å². The average molecular weight is 373 g/mol. The zero-order valence-electron chi connectivity index (χ0n) is 10.4. The first-order valence-corrected chi connectivity index (χ1v) is 7.76. The number of nitrogens with zero attached hydrogens (tertiary/aromatic N) is 2. The third-order valence-electron chi connectivity index (χ3n) is 2.46. The lowest BCUT2D eigenvalue weighted by Gasteiger charge is -2.09. The summed E-state index contributed by atoms with van der Waals surface area (Å²) in [6.07, 6.45) is 1.39. The highest BCUT2D eigenvalue weighted by Gasteiger charge is 2.26. The standard InChI is InChI=1S/C11H9BrN4O4S/c12-8-2-1-5-14-11(8)15-21(19,20)10-4-3-7(13)6-9(10)16(17)18/h1-6H,13H2,(H,14,15). The second kappa shape index (κ2) is 5.66. The van der Waals surface area contributed by atoms with Gasteiger partial charge in [-0.25, -0.2) is 13.4 Å². The van der Waals surface area contributed by atoms with E-state index in [4.69, 9.17) is 5.73 Å². The molecule has 0 unspecified atom stereocenters. The number of pyridine rings is 1. The van der Waals surface area contributed by atoms with Gasteiger partial charge in [0.2, 0.25) is 0 Å². The topological polar surface area (TPSA) is 128 Å².